The number of thiazole rings is 1. The monoisotopic (exact) mass is 336 g/mol. The Hall–Kier alpha value is -1.31. The van der Waals surface area contributed by atoms with Gasteiger partial charge in [0.1, 0.15) is 17.0 Å². The summed E-state index contributed by atoms with van der Waals surface area (Å²) in [6, 6.07) is 2.14. The van der Waals surface area contributed by atoms with Crippen molar-refractivity contribution in [3.05, 3.63) is 29.7 Å². The predicted molar refractivity (Wildman–Crippen MR) is 86.3 cm³/mol. The summed E-state index contributed by atoms with van der Waals surface area (Å²) in [5, 5.41) is 3.08. The molecule has 2 aromatic rings. The number of rotatable bonds is 2. The Bertz CT molecular complexity index is 654. The van der Waals surface area contributed by atoms with Gasteiger partial charge in [0, 0.05) is 41.1 Å². The zero-order valence-corrected chi connectivity index (χ0v) is 13.6. The maximum Gasteiger partial charge on any atom is 0.273 e. The predicted octanol–water partition coefficient (Wildman–Crippen LogP) is 2.75. The molecule has 0 saturated carbocycles. The van der Waals surface area contributed by atoms with Gasteiger partial charge in [-0.3, -0.25) is 4.79 Å². The summed E-state index contributed by atoms with van der Waals surface area (Å²) in [6.45, 7) is 2.28. The Kier molecular flexibility index (Phi) is 3.94. The van der Waals surface area contributed by atoms with Crippen LogP contribution in [0.3, 0.4) is 0 Å². The Morgan fingerprint density at radius 2 is 2.41 bits per heavy atom. The molecule has 2 saturated heterocycles. The normalized spacial score (nSPS) is 25.0. The van der Waals surface area contributed by atoms with E-state index in [9.17, 15) is 4.79 Å². The molecule has 5 nitrogen and oxygen atoms in total. The van der Waals surface area contributed by atoms with Gasteiger partial charge in [-0.25, -0.2) is 4.98 Å². The van der Waals surface area contributed by atoms with Gasteiger partial charge in [-0.15, -0.1) is 11.3 Å². The van der Waals surface area contributed by atoms with E-state index < -0.39 is 0 Å². The Labute approximate surface area is 136 Å². The minimum Gasteiger partial charge on any atom is -0.472 e. The minimum absolute atomic E-state index is 0.0446. The van der Waals surface area contributed by atoms with E-state index in [0.29, 0.717) is 10.9 Å². The van der Waals surface area contributed by atoms with Crippen molar-refractivity contribution in [3.63, 3.8) is 0 Å². The largest absolute Gasteiger partial charge is 0.472 e. The first-order valence-electron chi connectivity index (χ1n) is 7.31. The Morgan fingerprint density at radius 3 is 3.27 bits per heavy atom. The molecule has 2 aliphatic heterocycles. The van der Waals surface area contributed by atoms with E-state index in [-0.39, 0.29) is 11.9 Å². The molecule has 2 atom stereocenters. The lowest BCUT2D eigenvalue weighted by Crippen LogP contribution is -2.54. The molecule has 0 spiro atoms. The standard InChI is InChI=1S/C15H16N2O3S2/c18-15(11-9-22-14(16-11)10-1-4-19-7-10)17-3-6-21-13-8-20-5-2-12(13)17/h1,4,7,9,12-13H,2-3,5-6,8H2/t12-,13+/m0/s1. The summed E-state index contributed by atoms with van der Waals surface area (Å²) in [7, 11) is 0. The maximum absolute atomic E-state index is 12.8. The first kappa shape index (κ1) is 14.3. The molecule has 0 unspecified atom stereocenters. The van der Waals surface area contributed by atoms with Crippen molar-refractivity contribution in [3.8, 4) is 10.6 Å². The van der Waals surface area contributed by atoms with Crippen molar-refractivity contribution in [1.82, 2.24) is 9.88 Å². The molecular formula is C15H16N2O3S2. The number of hydrogen-bond donors (Lipinski definition) is 0. The van der Waals surface area contributed by atoms with Gasteiger partial charge in [-0.2, -0.15) is 11.8 Å². The summed E-state index contributed by atoms with van der Waals surface area (Å²) in [4.78, 5) is 19.3. The zero-order chi connectivity index (χ0) is 14.9. The van der Waals surface area contributed by atoms with Crippen LogP contribution < -0.4 is 0 Å². The van der Waals surface area contributed by atoms with E-state index in [1.807, 2.05) is 28.1 Å². The topological polar surface area (TPSA) is 55.6 Å². The molecule has 22 heavy (non-hydrogen) atoms. The number of carbonyl (C=O) groups is 1. The molecule has 0 radical (unpaired) electrons. The number of carbonyl (C=O) groups excluding carboxylic acids is 1. The molecule has 116 valence electrons. The third kappa shape index (κ3) is 2.57. The molecule has 0 bridgehead atoms. The van der Waals surface area contributed by atoms with Gasteiger partial charge < -0.3 is 14.1 Å². The number of aromatic nitrogens is 1. The van der Waals surface area contributed by atoms with Crippen molar-refractivity contribution in [2.24, 2.45) is 0 Å². The van der Waals surface area contributed by atoms with Crippen molar-refractivity contribution in [2.45, 2.75) is 17.7 Å². The highest BCUT2D eigenvalue weighted by atomic mass is 32.2. The maximum atomic E-state index is 12.8. The van der Waals surface area contributed by atoms with E-state index in [2.05, 4.69) is 4.98 Å². The van der Waals surface area contributed by atoms with Crippen LogP contribution in [0.4, 0.5) is 0 Å². The molecule has 2 fully saturated rings. The summed E-state index contributed by atoms with van der Waals surface area (Å²) >= 11 is 3.40. The molecule has 2 aromatic heterocycles. The SMILES string of the molecule is O=C(c1csc(-c2ccoc2)n1)N1CCS[C@@H]2COCC[C@@H]21. The van der Waals surface area contributed by atoms with Crippen LogP contribution in [0.5, 0.6) is 0 Å². The number of amides is 1. The van der Waals surface area contributed by atoms with Crippen LogP contribution in [0.2, 0.25) is 0 Å². The molecule has 2 aliphatic rings. The van der Waals surface area contributed by atoms with Crippen LogP contribution in [-0.4, -0.2) is 52.6 Å². The summed E-state index contributed by atoms with van der Waals surface area (Å²) < 4.78 is 10.6. The third-order valence-corrected chi connectivity index (χ3v) is 6.27. The van der Waals surface area contributed by atoms with E-state index in [1.165, 1.54) is 11.3 Å². The van der Waals surface area contributed by atoms with Crippen LogP contribution in [-0.2, 0) is 4.74 Å². The highest BCUT2D eigenvalue weighted by Gasteiger charge is 2.37. The molecule has 7 heteroatoms. The quantitative estimate of drug-likeness (QED) is 0.844. The first-order chi connectivity index (χ1) is 10.8. The van der Waals surface area contributed by atoms with Gasteiger partial charge in [0.25, 0.3) is 5.91 Å². The number of nitrogens with zero attached hydrogens (tertiary/aromatic N) is 2. The molecule has 0 N–H and O–H groups in total. The van der Waals surface area contributed by atoms with E-state index in [1.54, 1.807) is 12.5 Å². The highest BCUT2D eigenvalue weighted by molar-refractivity contribution is 8.00. The van der Waals surface area contributed by atoms with Crippen LogP contribution in [0.25, 0.3) is 10.6 Å². The lowest BCUT2D eigenvalue weighted by molar-refractivity contribution is 0.0316. The number of fused-ring (bicyclic) bond motifs is 1. The van der Waals surface area contributed by atoms with Gasteiger partial charge in [0.2, 0.25) is 0 Å². The van der Waals surface area contributed by atoms with E-state index in [0.717, 1.165) is 42.5 Å². The number of hydrogen-bond acceptors (Lipinski definition) is 6. The second kappa shape index (κ2) is 6.06. The lowest BCUT2D eigenvalue weighted by Gasteiger charge is -2.43. The third-order valence-electron chi connectivity index (χ3n) is 4.09. The number of furan rings is 1. The van der Waals surface area contributed by atoms with Gasteiger partial charge in [0.05, 0.1) is 12.9 Å². The van der Waals surface area contributed by atoms with Crippen LogP contribution in [0, 0.1) is 0 Å². The van der Waals surface area contributed by atoms with Gasteiger partial charge >= 0.3 is 0 Å². The zero-order valence-electron chi connectivity index (χ0n) is 11.9. The molecule has 0 aliphatic carbocycles. The van der Waals surface area contributed by atoms with Gasteiger partial charge in [-0.05, 0) is 12.5 Å². The first-order valence-corrected chi connectivity index (χ1v) is 9.24. The van der Waals surface area contributed by atoms with E-state index in [4.69, 9.17) is 9.15 Å². The van der Waals surface area contributed by atoms with Crippen molar-refractivity contribution in [1.29, 1.82) is 0 Å². The summed E-state index contributed by atoms with van der Waals surface area (Å²) in [5.74, 6) is 1.01. The fraction of sp³-hybridized carbons (Fsp3) is 0.467. The Balaban J connectivity index is 1.56. The van der Waals surface area contributed by atoms with Gasteiger partial charge in [-0.1, -0.05) is 0 Å². The van der Waals surface area contributed by atoms with Crippen LogP contribution in [0.15, 0.2) is 28.4 Å². The molecule has 4 rings (SSSR count). The average Bonchev–Trinajstić information content (AvgIpc) is 3.24. The van der Waals surface area contributed by atoms with E-state index >= 15 is 0 Å². The van der Waals surface area contributed by atoms with Crippen molar-refractivity contribution < 1.29 is 13.9 Å². The van der Waals surface area contributed by atoms with Crippen molar-refractivity contribution >= 4 is 29.0 Å². The molecule has 1 amide bonds. The molecular weight excluding hydrogens is 320 g/mol. The highest BCUT2D eigenvalue weighted by Crippen LogP contribution is 2.32. The second-order valence-corrected chi connectivity index (χ2v) is 7.59. The number of ether oxygens (including phenoxy) is 1. The lowest BCUT2D eigenvalue weighted by atomic mass is 10.1. The van der Waals surface area contributed by atoms with Crippen LogP contribution >= 0.6 is 23.1 Å². The van der Waals surface area contributed by atoms with Gasteiger partial charge in [0.15, 0.2) is 0 Å². The molecule has 4 heterocycles. The fourth-order valence-electron chi connectivity index (χ4n) is 2.97. The smallest absolute Gasteiger partial charge is 0.273 e. The second-order valence-electron chi connectivity index (χ2n) is 5.39. The fourth-order valence-corrected chi connectivity index (χ4v) is 5.06. The van der Waals surface area contributed by atoms with Crippen molar-refractivity contribution in [2.75, 3.05) is 25.5 Å². The summed E-state index contributed by atoms with van der Waals surface area (Å²) in [6.07, 6.45) is 4.19. The summed E-state index contributed by atoms with van der Waals surface area (Å²) in [5.41, 5.74) is 1.46. The molecule has 0 aromatic carbocycles. The Morgan fingerprint density at radius 1 is 1.45 bits per heavy atom. The van der Waals surface area contributed by atoms with Crippen LogP contribution in [0.1, 0.15) is 16.9 Å². The number of thioether (sulfide) groups is 1. The average molecular weight is 336 g/mol. The minimum atomic E-state index is 0.0446.